The minimum atomic E-state index is -0.0325. The lowest BCUT2D eigenvalue weighted by atomic mass is 10.1. The van der Waals surface area contributed by atoms with Crippen LogP contribution in [0.5, 0.6) is 0 Å². The van der Waals surface area contributed by atoms with E-state index < -0.39 is 0 Å². The minimum Gasteiger partial charge on any atom is -0.398 e. The summed E-state index contributed by atoms with van der Waals surface area (Å²) in [6.45, 7) is 4.45. The number of carbonyl (C=O) groups is 1. The number of rotatable bonds is 1. The van der Waals surface area contributed by atoms with Crippen LogP contribution in [-0.2, 0) is 0 Å². The fourth-order valence-electron chi connectivity index (χ4n) is 2.12. The molecular weight excluding hydrogens is 250 g/mol. The van der Waals surface area contributed by atoms with E-state index in [1.54, 1.807) is 18.2 Å². The molecule has 5 heteroatoms. The number of hydrogen-bond acceptors (Lipinski definition) is 3. The molecule has 1 saturated heterocycles. The van der Waals surface area contributed by atoms with Gasteiger partial charge >= 0.3 is 0 Å². The molecule has 1 amide bonds. The number of nitrogens with two attached hydrogens (primary N) is 1. The molecule has 1 unspecified atom stereocenters. The van der Waals surface area contributed by atoms with E-state index in [0.717, 1.165) is 19.6 Å². The average Bonchev–Trinajstić information content (AvgIpc) is 2.35. The maximum atomic E-state index is 12.4. The predicted octanol–water partition coefficient (Wildman–Crippen LogP) is 1.70. The Labute approximate surface area is 112 Å². The van der Waals surface area contributed by atoms with Gasteiger partial charge in [0.05, 0.1) is 5.56 Å². The summed E-state index contributed by atoms with van der Waals surface area (Å²) in [4.78, 5) is 16.5. The molecular formula is C13H18ClN3O. The number of nitrogen functional groups attached to an aromatic ring is 1. The van der Waals surface area contributed by atoms with Gasteiger partial charge in [0.25, 0.3) is 5.91 Å². The normalized spacial score (nSPS) is 21.1. The van der Waals surface area contributed by atoms with Gasteiger partial charge in [0.1, 0.15) is 0 Å². The van der Waals surface area contributed by atoms with Crippen LogP contribution in [0.3, 0.4) is 0 Å². The molecule has 98 valence electrons. The summed E-state index contributed by atoms with van der Waals surface area (Å²) in [5, 5.41) is 0.537. The number of piperazine rings is 1. The number of nitrogens with zero attached hydrogens (tertiary/aromatic N) is 2. The van der Waals surface area contributed by atoms with Crippen LogP contribution in [0.4, 0.5) is 5.69 Å². The van der Waals surface area contributed by atoms with Crippen LogP contribution in [0.25, 0.3) is 0 Å². The highest BCUT2D eigenvalue weighted by atomic mass is 35.5. The molecule has 1 fully saturated rings. The summed E-state index contributed by atoms with van der Waals surface area (Å²) < 4.78 is 0. The van der Waals surface area contributed by atoms with Crippen molar-refractivity contribution >= 4 is 23.2 Å². The Morgan fingerprint density at radius 1 is 1.44 bits per heavy atom. The van der Waals surface area contributed by atoms with Gasteiger partial charge in [-0.3, -0.25) is 4.79 Å². The molecule has 1 aliphatic rings. The number of amides is 1. The topological polar surface area (TPSA) is 49.6 Å². The number of halogens is 1. The van der Waals surface area contributed by atoms with Gasteiger partial charge < -0.3 is 15.5 Å². The van der Waals surface area contributed by atoms with Gasteiger partial charge in [-0.1, -0.05) is 11.6 Å². The Bertz CT molecular complexity index is 464. The first-order chi connectivity index (χ1) is 8.49. The van der Waals surface area contributed by atoms with Crippen molar-refractivity contribution in [2.75, 3.05) is 32.4 Å². The molecule has 1 aliphatic heterocycles. The molecule has 1 heterocycles. The summed E-state index contributed by atoms with van der Waals surface area (Å²) in [7, 11) is 2.07. The van der Waals surface area contributed by atoms with Crippen molar-refractivity contribution in [3.05, 3.63) is 28.8 Å². The van der Waals surface area contributed by atoms with E-state index in [2.05, 4.69) is 18.9 Å². The monoisotopic (exact) mass is 267 g/mol. The zero-order valence-corrected chi connectivity index (χ0v) is 11.4. The third-order valence-electron chi connectivity index (χ3n) is 3.49. The van der Waals surface area contributed by atoms with Gasteiger partial charge in [0.15, 0.2) is 0 Å². The maximum Gasteiger partial charge on any atom is 0.256 e. The van der Waals surface area contributed by atoms with Crippen LogP contribution in [0.15, 0.2) is 18.2 Å². The first-order valence-corrected chi connectivity index (χ1v) is 6.41. The zero-order valence-electron chi connectivity index (χ0n) is 10.7. The highest BCUT2D eigenvalue weighted by Crippen LogP contribution is 2.21. The Balaban J connectivity index is 2.19. The molecule has 0 aromatic heterocycles. The average molecular weight is 268 g/mol. The molecule has 0 radical (unpaired) electrons. The van der Waals surface area contributed by atoms with Crippen molar-refractivity contribution in [1.29, 1.82) is 0 Å². The number of hydrogen-bond donors (Lipinski definition) is 1. The highest BCUT2D eigenvalue weighted by molar-refractivity contribution is 6.31. The molecule has 0 bridgehead atoms. The summed E-state index contributed by atoms with van der Waals surface area (Å²) in [5.41, 5.74) is 6.82. The SMILES string of the molecule is CC1CN(C(=O)c2cc(Cl)ccc2N)CCN1C. The molecule has 18 heavy (non-hydrogen) atoms. The summed E-state index contributed by atoms with van der Waals surface area (Å²) in [5.74, 6) is -0.0325. The molecule has 0 spiro atoms. The van der Waals surface area contributed by atoms with Gasteiger partial charge in [-0.25, -0.2) is 0 Å². The van der Waals surface area contributed by atoms with Crippen LogP contribution >= 0.6 is 11.6 Å². The van der Waals surface area contributed by atoms with E-state index in [1.807, 2.05) is 4.90 Å². The van der Waals surface area contributed by atoms with Gasteiger partial charge in [-0.2, -0.15) is 0 Å². The second-order valence-corrected chi connectivity index (χ2v) is 5.25. The Kier molecular flexibility index (Phi) is 3.78. The molecule has 1 aromatic rings. The number of anilines is 1. The van der Waals surface area contributed by atoms with Crippen molar-refractivity contribution in [3.63, 3.8) is 0 Å². The van der Waals surface area contributed by atoms with Crippen molar-refractivity contribution in [2.45, 2.75) is 13.0 Å². The van der Waals surface area contributed by atoms with Crippen LogP contribution in [0, 0.1) is 0 Å². The largest absolute Gasteiger partial charge is 0.398 e. The van der Waals surface area contributed by atoms with Crippen molar-refractivity contribution < 1.29 is 4.79 Å². The summed E-state index contributed by atoms with van der Waals surface area (Å²) >= 11 is 5.92. The summed E-state index contributed by atoms with van der Waals surface area (Å²) in [6, 6.07) is 5.38. The van der Waals surface area contributed by atoms with Crippen molar-refractivity contribution in [2.24, 2.45) is 0 Å². The van der Waals surface area contributed by atoms with E-state index in [0.29, 0.717) is 22.3 Å². The van der Waals surface area contributed by atoms with E-state index in [1.165, 1.54) is 0 Å². The van der Waals surface area contributed by atoms with Gasteiger partial charge in [0, 0.05) is 36.4 Å². The summed E-state index contributed by atoms with van der Waals surface area (Å²) in [6.07, 6.45) is 0. The third-order valence-corrected chi connectivity index (χ3v) is 3.73. The molecule has 0 aliphatic carbocycles. The van der Waals surface area contributed by atoms with Crippen LogP contribution in [0.2, 0.25) is 5.02 Å². The third kappa shape index (κ3) is 2.60. The van der Waals surface area contributed by atoms with E-state index >= 15 is 0 Å². The number of likely N-dealkylation sites (N-methyl/N-ethyl adjacent to an activating group) is 1. The van der Waals surface area contributed by atoms with Gasteiger partial charge in [-0.05, 0) is 32.2 Å². The second kappa shape index (κ2) is 5.16. The van der Waals surface area contributed by atoms with Gasteiger partial charge in [-0.15, -0.1) is 0 Å². The first kappa shape index (κ1) is 13.2. The standard InChI is InChI=1S/C13H18ClN3O/c1-9-8-17(6-5-16(9)2)13(18)11-7-10(14)3-4-12(11)15/h3-4,7,9H,5-6,8,15H2,1-2H3. The molecule has 4 nitrogen and oxygen atoms in total. The van der Waals surface area contributed by atoms with E-state index in [4.69, 9.17) is 17.3 Å². The minimum absolute atomic E-state index is 0.0325. The maximum absolute atomic E-state index is 12.4. The molecule has 2 rings (SSSR count). The van der Waals surface area contributed by atoms with Crippen molar-refractivity contribution in [3.8, 4) is 0 Å². The Morgan fingerprint density at radius 2 is 2.17 bits per heavy atom. The van der Waals surface area contributed by atoms with Crippen LogP contribution in [-0.4, -0.2) is 48.4 Å². The quantitative estimate of drug-likeness (QED) is 0.788. The molecule has 2 N–H and O–H groups in total. The Morgan fingerprint density at radius 3 is 2.83 bits per heavy atom. The van der Waals surface area contributed by atoms with Crippen LogP contribution < -0.4 is 5.73 Å². The molecule has 0 saturated carbocycles. The first-order valence-electron chi connectivity index (χ1n) is 6.03. The van der Waals surface area contributed by atoms with E-state index in [9.17, 15) is 4.79 Å². The second-order valence-electron chi connectivity index (χ2n) is 4.81. The van der Waals surface area contributed by atoms with Crippen molar-refractivity contribution in [1.82, 2.24) is 9.80 Å². The molecule has 1 atom stereocenters. The lowest BCUT2D eigenvalue weighted by Gasteiger charge is -2.37. The smallest absolute Gasteiger partial charge is 0.256 e. The number of carbonyl (C=O) groups excluding carboxylic acids is 1. The Hall–Kier alpha value is -1.26. The van der Waals surface area contributed by atoms with Crippen LogP contribution in [0.1, 0.15) is 17.3 Å². The fourth-order valence-corrected chi connectivity index (χ4v) is 2.29. The predicted molar refractivity (Wildman–Crippen MR) is 73.9 cm³/mol. The molecule has 1 aromatic carbocycles. The lowest BCUT2D eigenvalue weighted by molar-refractivity contribution is 0.0573. The lowest BCUT2D eigenvalue weighted by Crippen LogP contribution is -2.52. The zero-order chi connectivity index (χ0) is 13.3. The van der Waals surface area contributed by atoms with E-state index in [-0.39, 0.29) is 5.91 Å². The van der Waals surface area contributed by atoms with Gasteiger partial charge in [0.2, 0.25) is 0 Å². The highest BCUT2D eigenvalue weighted by Gasteiger charge is 2.26. The number of benzene rings is 1. The fraction of sp³-hybridized carbons (Fsp3) is 0.462.